The van der Waals surface area contributed by atoms with Crippen LogP contribution in [0.1, 0.15) is 0 Å². The molecule has 0 spiro atoms. The third-order valence-electron chi connectivity index (χ3n) is 2.76. The number of hydrogen-bond acceptors (Lipinski definition) is 4. The molecule has 0 aliphatic rings. The Morgan fingerprint density at radius 2 is 1.55 bits per heavy atom. The summed E-state index contributed by atoms with van der Waals surface area (Å²) in [5, 5.41) is 6.86. The molecule has 2 aromatic rings. The lowest BCUT2D eigenvalue weighted by Crippen LogP contribution is -2.16. The Morgan fingerprint density at radius 3 is 2.25 bits per heavy atom. The van der Waals surface area contributed by atoms with Crippen molar-refractivity contribution in [3.63, 3.8) is 0 Å². The molecule has 0 aliphatic carbocycles. The molecular weight excluding hydrogens is 260 g/mol. The molecule has 0 atom stereocenters. The smallest absolute Gasteiger partial charge is 0.411 e. The molecule has 2 rings (SSSR count). The Balaban J connectivity index is 2.52. The molecule has 6 heteroatoms. The van der Waals surface area contributed by atoms with E-state index < -0.39 is 12.2 Å². The van der Waals surface area contributed by atoms with Gasteiger partial charge in [-0.25, -0.2) is 9.59 Å². The van der Waals surface area contributed by atoms with Gasteiger partial charge in [0.15, 0.2) is 0 Å². The molecule has 2 aromatic carbocycles. The van der Waals surface area contributed by atoms with Gasteiger partial charge in [-0.3, -0.25) is 10.6 Å². The zero-order valence-electron chi connectivity index (χ0n) is 11.1. The topological polar surface area (TPSA) is 76.7 Å². The molecule has 0 fully saturated rings. The van der Waals surface area contributed by atoms with Crippen molar-refractivity contribution in [1.29, 1.82) is 0 Å². The number of fused-ring (bicyclic) bond motifs is 1. The van der Waals surface area contributed by atoms with E-state index in [0.717, 1.165) is 10.8 Å². The molecule has 104 valence electrons. The summed E-state index contributed by atoms with van der Waals surface area (Å²) >= 11 is 0. The third kappa shape index (κ3) is 2.80. The van der Waals surface area contributed by atoms with E-state index in [-0.39, 0.29) is 0 Å². The highest BCUT2D eigenvalue weighted by Crippen LogP contribution is 2.31. The highest BCUT2D eigenvalue weighted by atomic mass is 16.5. The second-order valence-electron chi connectivity index (χ2n) is 3.94. The van der Waals surface area contributed by atoms with Crippen LogP contribution in [0.3, 0.4) is 0 Å². The first kappa shape index (κ1) is 13.7. The normalized spacial score (nSPS) is 9.90. The molecule has 0 aliphatic heterocycles. The van der Waals surface area contributed by atoms with E-state index in [1.165, 1.54) is 14.2 Å². The number of methoxy groups -OCH3 is 2. The van der Waals surface area contributed by atoms with Crippen molar-refractivity contribution in [1.82, 2.24) is 0 Å². The molecule has 0 heterocycles. The molecule has 2 N–H and O–H groups in total. The lowest BCUT2D eigenvalue weighted by molar-refractivity contribution is 0.185. The summed E-state index contributed by atoms with van der Waals surface area (Å²) in [6, 6.07) is 11.0. The number of nitrogens with one attached hydrogen (secondary N) is 2. The van der Waals surface area contributed by atoms with E-state index in [9.17, 15) is 9.59 Å². The maximum Gasteiger partial charge on any atom is 0.411 e. The van der Waals surface area contributed by atoms with Crippen molar-refractivity contribution < 1.29 is 19.1 Å². The van der Waals surface area contributed by atoms with Crippen LogP contribution in [0, 0.1) is 0 Å². The first-order valence-corrected chi connectivity index (χ1v) is 5.87. The largest absolute Gasteiger partial charge is 0.453 e. The van der Waals surface area contributed by atoms with E-state index in [0.29, 0.717) is 11.4 Å². The molecule has 6 nitrogen and oxygen atoms in total. The SMILES string of the molecule is COC(=O)Nc1ccc2ccccc2c1NC(=O)OC. The fraction of sp³-hybridized carbons (Fsp3) is 0.143. The quantitative estimate of drug-likeness (QED) is 0.881. The zero-order chi connectivity index (χ0) is 14.5. The summed E-state index contributed by atoms with van der Waals surface area (Å²) in [5.74, 6) is 0. The number of ether oxygens (including phenoxy) is 2. The predicted molar refractivity (Wildman–Crippen MR) is 76.0 cm³/mol. The average Bonchev–Trinajstić information content (AvgIpc) is 2.49. The van der Waals surface area contributed by atoms with Gasteiger partial charge >= 0.3 is 12.2 Å². The number of carbonyl (C=O) groups is 2. The molecule has 0 unspecified atom stereocenters. The number of carbonyl (C=O) groups excluding carboxylic acids is 2. The van der Waals surface area contributed by atoms with Crippen molar-refractivity contribution in [2.45, 2.75) is 0 Å². The standard InChI is InChI=1S/C14H14N2O4/c1-19-13(17)15-11-8-7-9-5-3-4-6-10(9)12(11)16-14(18)20-2/h3-8H,1-2H3,(H,15,17)(H,16,18). The van der Waals surface area contributed by atoms with Gasteiger partial charge in [-0.2, -0.15) is 0 Å². The lowest BCUT2D eigenvalue weighted by atomic mass is 10.1. The van der Waals surface area contributed by atoms with Gasteiger partial charge in [-0.05, 0) is 11.5 Å². The number of rotatable bonds is 2. The molecule has 0 bridgehead atoms. The Hall–Kier alpha value is -2.76. The van der Waals surface area contributed by atoms with Gasteiger partial charge in [0, 0.05) is 5.39 Å². The third-order valence-corrected chi connectivity index (χ3v) is 2.76. The van der Waals surface area contributed by atoms with Gasteiger partial charge in [-0.1, -0.05) is 30.3 Å². The van der Waals surface area contributed by atoms with Crippen LogP contribution in [0.25, 0.3) is 10.8 Å². The van der Waals surface area contributed by atoms with Gasteiger partial charge in [-0.15, -0.1) is 0 Å². The zero-order valence-corrected chi connectivity index (χ0v) is 11.1. The van der Waals surface area contributed by atoms with E-state index in [1.54, 1.807) is 6.07 Å². The van der Waals surface area contributed by atoms with Gasteiger partial charge in [0.2, 0.25) is 0 Å². The Bertz CT molecular complexity index is 655. The van der Waals surface area contributed by atoms with E-state index >= 15 is 0 Å². The molecule has 0 aromatic heterocycles. The minimum Gasteiger partial charge on any atom is -0.453 e. The van der Waals surface area contributed by atoms with E-state index in [4.69, 9.17) is 0 Å². The van der Waals surface area contributed by atoms with Crippen LogP contribution >= 0.6 is 0 Å². The summed E-state index contributed by atoms with van der Waals surface area (Å²) in [4.78, 5) is 22.8. The first-order valence-electron chi connectivity index (χ1n) is 5.87. The Kier molecular flexibility index (Phi) is 4.05. The number of hydrogen-bond donors (Lipinski definition) is 2. The maximum absolute atomic E-state index is 11.5. The van der Waals surface area contributed by atoms with Crippen molar-refractivity contribution >= 4 is 34.3 Å². The summed E-state index contributed by atoms with van der Waals surface area (Å²) in [5.41, 5.74) is 0.890. The fourth-order valence-corrected chi connectivity index (χ4v) is 1.82. The van der Waals surface area contributed by atoms with E-state index in [2.05, 4.69) is 20.1 Å². The minimum absolute atomic E-state index is 0.431. The summed E-state index contributed by atoms with van der Waals surface area (Å²) in [6.07, 6.45) is -1.23. The number of benzene rings is 2. The average molecular weight is 274 g/mol. The Labute approximate surface area is 115 Å². The number of amides is 2. The molecule has 0 saturated carbocycles. The van der Waals surface area contributed by atoms with Crippen molar-refractivity contribution in [2.24, 2.45) is 0 Å². The highest BCUT2D eigenvalue weighted by Gasteiger charge is 2.13. The van der Waals surface area contributed by atoms with Gasteiger partial charge in [0.25, 0.3) is 0 Å². The minimum atomic E-state index is -0.617. The van der Waals surface area contributed by atoms with Gasteiger partial charge < -0.3 is 9.47 Å². The van der Waals surface area contributed by atoms with Crippen LogP contribution in [0.15, 0.2) is 36.4 Å². The summed E-state index contributed by atoms with van der Waals surface area (Å²) < 4.78 is 9.15. The second-order valence-corrected chi connectivity index (χ2v) is 3.94. The van der Waals surface area contributed by atoms with Gasteiger partial charge in [0.1, 0.15) is 0 Å². The number of anilines is 2. The van der Waals surface area contributed by atoms with Crippen molar-refractivity contribution in [2.75, 3.05) is 24.9 Å². The van der Waals surface area contributed by atoms with Crippen LogP contribution in [-0.2, 0) is 9.47 Å². The Morgan fingerprint density at radius 1 is 0.900 bits per heavy atom. The maximum atomic E-state index is 11.5. The van der Waals surface area contributed by atoms with Crippen LogP contribution in [0.5, 0.6) is 0 Å². The molecule has 0 radical (unpaired) electrons. The van der Waals surface area contributed by atoms with Gasteiger partial charge in [0.05, 0.1) is 25.6 Å². The molecule has 0 saturated heterocycles. The van der Waals surface area contributed by atoms with Crippen LogP contribution in [-0.4, -0.2) is 26.4 Å². The van der Waals surface area contributed by atoms with E-state index in [1.807, 2.05) is 30.3 Å². The second kappa shape index (κ2) is 5.92. The molecule has 20 heavy (non-hydrogen) atoms. The summed E-state index contributed by atoms with van der Waals surface area (Å²) in [7, 11) is 2.54. The monoisotopic (exact) mass is 274 g/mol. The first-order chi connectivity index (χ1) is 9.65. The predicted octanol–water partition coefficient (Wildman–Crippen LogP) is 3.20. The molecular formula is C14H14N2O4. The van der Waals surface area contributed by atoms with Crippen molar-refractivity contribution in [3.8, 4) is 0 Å². The van der Waals surface area contributed by atoms with Crippen molar-refractivity contribution in [3.05, 3.63) is 36.4 Å². The lowest BCUT2D eigenvalue weighted by Gasteiger charge is -2.14. The van der Waals surface area contributed by atoms with Crippen LogP contribution in [0.2, 0.25) is 0 Å². The van der Waals surface area contributed by atoms with Crippen LogP contribution < -0.4 is 10.6 Å². The van der Waals surface area contributed by atoms with Crippen LogP contribution in [0.4, 0.5) is 21.0 Å². The highest BCUT2D eigenvalue weighted by molar-refractivity contribution is 6.08. The summed E-state index contributed by atoms with van der Waals surface area (Å²) in [6.45, 7) is 0. The fourth-order valence-electron chi connectivity index (χ4n) is 1.82. The molecule has 2 amide bonds.